The SMILES string of the molecule is Cc1ccccc1C(N)CN(C)CCC(C)C. The van der Waals surface area contributed by atoms with Gasteiger partial charge < -0.3 is 10.6 Å². The van der Waals surface area contributed by atoms with E-state index in [1.54, 1.807) is 0 Å². The monoisotopic (exact) mass is 234 g/mol. The third kappa shape index (κ3) is 4.88. The molecule has 96 valence electrons. The molecule has 0 saturated heterocycles. The molecule has 2 nitrogen and oxygen atoms in total. The first-order chi connectivity index (χ1) is 8.00. The minimum atomic E-state index is 0.119. The molecule has 1 atom stereocenters. The average Bonchev–Trinajstić information content (AvgIpc) is 2.26. The highest BCUT2D eigenvalue weighted by Crippen LogP contribution is 2.16. The van der Waals surface area contributed by atoms with Crippen LogP contribution in [0, 0.1) is 12.8 Å². The van der Waals surface area contributed by atoms with Gasteiger partial charge in [-0.3, -0.25) is 0 Å². The molecule has 0 amide bonds. The molecule has 2 heteroatoms. The summed E-state index contributed by atoms with van der Waals surface area (Å²) in [6.07, 6.45) is 1.23. The number of likely N-dealkylation sites (N-methyl/N-ethyl adjacent to an activating group) is 1. The van der Waals surface area contributed by atoms with Crippen LogP contribution in [0.15, 0.2) is 24.3 Å². The number of hydrogen-bond acceptors (Lipinski definition) is 2. The predicted octanol–water partition coefficient (Wildman–Crippen LogP) is 2.97. The van der Waals surface area contributed by atoms with Crippen molar-refractivity contribution in [1.29, 1.82) is 0 Å². The fourth-order valence-electron chi connectivity index (χ4n) is 2.01. The molecule has 0 spiro atoms. The van der Waals surface area contributed by atoms with E-state index in [1.807, 2.05) is 0 Å². The minimum absolute atomic E-state index is 0.119. The number of aryl methyl sites for hydroxylation is 1. The summed E-state index contributed by atoms with van der Waals surface area (Å²) in [6.45, 7) is 8.70. The lowest BCUT2D eigenvalue weighted by Gasteiger charge is -2.23. The Bertz CT molecular complexity index is 333. The van der Waals surface area contributed by atoms with E-state index in [0.29, 0.717) is 0 Å². The number of benzene rings is 1. The van der Waals surface area contributed by atoms with E-state index >= 15 is 0 Å². The van der Waals surface area contributed by atoms with Crippen LogP contribution in [-0.2, 0) is 0 Å². The molecule has 2 N–H and O–H groups in total. The minimum Gasteiger partial charge on any atom is -0.323 e. The van der Waals surface area contributed by atoms with Crippen LogP contribution in [0.5, 0.6) is 0 Å². The van der Waals surface area contributed by atoms with Gasteiger partial charge in [0.15, 0.2) is 0 Å². The Kier molecular flexibility index (Phi) is 5.66. The maximum absolute atomic E-state index is 6.26. The van der Waals surface area contributed by atoms with E-state index < -0.39 is 0 Å². The number of nitrogens with zero attached hydrogens (tertiary/aromatic N) is 1. The molecule has 0 heterocycles. The number of nitrogens with two attached hydrogens (primary N) is 1. The molecule has 0 aliphatic heterocycles. The van der Waals surface area contributed by atoms with Gasteiger partial charge in [-0.1, -0.05) is 38.1 Å². The van der Waals surface area contributed by atoms with E-state index in [-0.39, 0.29) is 6.04 Å². The molecule has 0 aromatic heterocycles. The van der Waals surface area contributed by atoms with Gasteiger partial charge in [0.2, 0.25) is 0 Å². The summed E-state index contributed by atoms with van der Waals surface area (Å²) >= 11 is 0. The van der Waals surface area contributed by atoms with Gasteiger partial charge in [-0.25, -0.2) is 0 Å². The van der Waals surface area contributed by atoms with E-state index in [2.05, 4.69) is 57.0 Å². The highest BCUT2D eigenvalue weighted by molar-refractivity contribution is 5.28. The molecular weight excluding hydrogens is 208 g/mol. The first kappa shape index (κ1) is 14.2. The van der Waals surface area contributed by atoms with Gasteiger partial charge in [-0.2, -0.15) is 0 Å². The summed E-state index contributed by atoms with van der Waals surface area (Å²) in [6, 6.07) is 8.51. The standard InChI is InChI=1S/C15H26N2/c1-12(2)9-10-17(4)11-15(16)14-8-6-5-7-13(14)3/h5-8,12,15H,9-11,16H2,1-4H3. The Morgan fingerprint density at radius 3 is 2.47 bits per heavy atom. The van der Waals surface area contributed by atoms with Gasteiger partial charge in [0.05, 0.1) is 0 Å². The van der Waals surface area contributed by atoms with Crippen LogP contribution < -0.4 is 5.73 Å². The number of rotatable bonds is 6. The van der Waals surface area contributed by atoms with Crippen molar-refractivity contribution in [2.24, 2.45) is 11.7 Å². The Hall–Kier alpha value is -0.860. The van der Waals surface area contributed by atoms with Crippen molar-refractivity contribution < 1.29 is 0 Å². The largest absolute Gasteiger partial charge is 0.323 e. The van der Waals surface area contributed by atoms with Crippen LogP contribution in [0.4, 0.5) is 0 Å². The summed E-state index contributed by atoms with van der Waals surface area (Å²) in [5.41, 5.74) is 8.82. The van der Waals surface area contributed by atoms with Gasteiger partial charge in [0.25, 0.3) is 0 Å². The molecule has 1 unspecified atom stereocenters. The molecule has 1 aromatic rings. The van der Waals surface area contributed by atoms with Crippen molar-refractivity contribution in [2.45, 2.75) is 33.2 Å². The summed E-state index contributed by atoms with van der Waals surface area (Å²) in [5.74, 6) is 0.757. The summed E-state index contributed by atoms with van der Waals surface area (Å²) in [7, 11) is 2.15. The van der Waals surface area contributed by atoms with Crippen LogP contribution >= 0.6 is 0 Å². The molecule has 0 fully saturated rings. The van der Waals surface area contributed by atoms with Crippen LogP contribution in [0.2, 0.25) is 0 Å². The lowest BCUT2D eigenvalue weighted by Crippen LogP contribution is -2.30. The van der Waals surface area contributed by atoms with Crippen LogP contribution in [0.25, 0.3) is 0 Å². The normalized spacial score (nSPS) is 13.4. The lowest BCUT2D eigenvalue weighted by molar-refractivity contribution is 0.292. The summed E-state index contributed by atoms with van der Waals surface area (Å²) < 4.78 is 0. The molecule has 0 bridgehead atoms. The van der Waals surface area contributed by atoms with Gasteiger partial charge >= 0.3 is 0 Å². The van der Waals surface area contributed by atoms with Crippen LogP contribution in [-0.4, -0.2) is 25.0 Å². The predicted molar refractivity (Wildman–Crippen MR) is 75.1 cm³/mol. The number of hydrogen-bond donors (Lipinski definition) is 1. The smallest absolute Gasteiger partial charge is 0.0426 e. The zero-order valence-corrected chi connectivity index (χ0v) is 11.6. The molecule has 1 rings (SSSR count). The third-order valence-electron chi connectivity index (χ3n) is 3.18. The van der Waals surface area contributed by atoms with E-state index in [4.69, 9.17) is 5.73 Å². The highest BCUT2D eigenvalue weighted by atomic mass is 15.1. The second-order valence-corrected chi connectivity index (χ2v) is 5.41. The van der Waals surface area contributed by atoms with E-state index in [1.165, 1.54) is 17.5 Å². The van der Waals surface area contributed by atoms with Gasteiger partial charge in [-0.15, -0.1) is 0 Å². The average molecular weight is 234 g/mol. The topological polar surface area (TPSA) is 29.3 Å². The van der Waals surface area contributed by atoms with Crippen molar-refractivity contribution in [3.63, 3.8) is 0 Å². The fraction of sp³-hybridized carbons (Fsp3) is 0.600. The Balaban J connectivity index is 2.49. The Labute approximate surface area is 106 Å². The second-order valence-electron chi connectivity index (χ2n) is 5.41. The van der Waals surface area contributed by atoms with Crippen molar-refractivity contribution in [3.05, 3.63) is 35.4 Å². The quantitative estimate of drug-likeness (QED) is 0.820. The van der Waals surface area contributed by atoms with Gasteiger partial charge in [0, 0.05) is 12.6 Å². The molecule has 0 radical (unpaired) electrons. The third-order valence-corrected chi connectivity index (χ3v) is 3.18. The van der Waals surface area contributed by atoms with Crippen molar-refractivity contribution in [2.75, 3.05) is 20.1 Å². The van der Waals surface area contributed by atoms with Crippen molar-refractivity contribution in [1.82, 2.24) is 4.90 Å². The zero-order chi connectivity index (χ0) is 12.8. The van der Waals surface area contributed by atoms with Crippen LogP contribution in [0.3, 0.4) is 0 Å². The Morgan fingerprint density at radius 1 is 1.24 bits per heavy atom. The van der Waals surface area contributed by atoms with Crippen molar-refractivity contribution in [3.8, 4) is 0 Å². The lowest BCUT2D eigenvalue weighted by atomic mass is 10.0. The summed E-state index contributed by atoms with van der Waals surface area (Å²) in [5, 5.41) is 0. The van der Waals surface area contributed by atoms with Gasteiger partial charge in [0.1, 0.15) is 0 Å². The molecular formula is C15H26N2. The van der Waals surface area contributed by atoms with E-state index in [0.717, 1.165) is 19.0 Å². The van der Waals surface area contributed by atoms with Crippen LogP contribution in [0.1, 0.15) is 37.4 Å². The van der Waals surface area contributed by atoms with Gasteiger partial charge in [-0.05, 0) is 44.0 Å². The van der Waals surface area contributed by atoms with Crippen molar-refractivity contribution >= 4 is 0 Å². The molecule has 1 aromatic carbocycles. The second kappa shape index (κ2) is 6.77. The highest BCUT2D eigenvalue weighted by Gasteiger charge is 2.11. The van der Waals surface area contributed by atoms with E-state index in [9.17, 15) is 0 Å². The molecule has 17 heavy (non-hydrogen) atoms. The fourth-order valence-corrected chi connectivity index (χ4v) is 2.01. The zero-order valence-electron chi connectivity index (χ0n) is 11.6. The first-order valence-corrected chi connectivity index (χ1v) is 6.50. The molecule has 0 aliphatic rings. The Morgan fingerprint density at radius 2 is 1.88 bits per heavy atom. The maximum Gasteiger partial charge on any atom is 0.0426 e. The maximum atomic E-state index is 6.26. The molecule has 0 aliphatic carbocycles. The first-order valence-electron chi connectivity index (χ1n) is 6.50. The summed E-state index contributed by atoms with van der Waals surface area (Å²) in [4.78, 5) is 2.33. The molecule has 0 saturated carbocycles.